The van der Waals surface area contributed by atoms with Crippen LogP contribution in [0.1, 0.15) is 68.4 Å². The first-order valence-corrected chi connectivity index (χ1v) is 12.9. The molecule has 182 valence electrons. The molecule has 2 aromatic rings. The Bertz CT molecular complexity index is 1120. The van der Waals surface area contributed by atoms with Crippen molar-refractivity contribution >= 4 is 29.3 Å². The number of ether oxygens (including phenoxy) is 1. The van der Waals surface area contributed by atoms with Crippen LogP contribution in [0.3, 0.4) is 0 Å². The molecular weight excluding hydrogens is 478 g/mol. The van der Waals surface area contributed by atoms with E-state index < -0.39 is 23.0 Å². The van der Waals surface area contributed by atoms with Crippen LogP contribution in [0, 0.1) is 40.7 Å². The fraction of sp³-hybridized carbons (Fsp3) is 0.500. The zero-order chi connectivity index (χ0) is 25.2. The maximum absolute atomic E-state index is 15.7. The molecule has 0 radical (unpaired) electrons. The number of benzene rings is 1. The first-order valence-electron chi connectivity index (χ1n) is 11.3. The zero-order valence-corrected chi connectivity index (χ0v) is 21.6. The topological polar surface area (TPSA) is 63.0 Å². The zero-order valence-electron chi connectivity index (χ0n) is 20.0. The van der Waals surface area contributed by atoms with Gasteiger partial charge in [-0.25, -0.2) is 18.6 Å². The maximum atomic E-state index is 15.7. The molecule has 0 amide bonds. The van der Waals surface area contributed by atoms with Crippen LogP contribution in [0.2, 0.25) is 5.02 Å². The van der Waals surface area contributed by atoms with E-state index in [1.54, 1.807) is 6.26 Å². The van der Waals surface area contributed by atoms with Gasteiger partial charge in [-0.2, -0.15) is 5.26 Å². The minimum absolute atomic E-state index is 0.00167. The van der Waals surface area contributed by atoms with Gasteiger partial charge in [0.15, 0.2) is 5.82 Å². The van der Waals surface area contributed by atoms with Gasteiger partial charge in [0.05, 0.1) is 16.7 Å². The summed E-state index contributed by atoms with van der Waals surface area (Å²) in [6, 6.07) is 6.22. The molecule has 0 unspecified atom stereocenters. The third kappa shape index (κ3) is 4.94. The van der Waals surface area contributed by atoms with E-state index in [2.05, 4.69) is 25.8 Å². The highest BCUT2D eigenvalue weighted by molar-refractivity contribution is 7.98. The fourth-order valence-electron chi connectivity index (χ4n) is 4.85. The van der Waals surface area contributed by atoms with Crippen molar-refractivity contribution in [3.63, 3.8) is 0 Å². The number of hydrogen-bond acceptors (Lipinski definition) is 5. The van der Waals surface area contributed by atoms with E-state index in [9.17, 15) is 10.1 Å². The summed E-state index contributed by atoms with van der Waals surface area (Å²) in [4.78, 5) is 17.5. The number of rotatable bonds is 6. The molecule has 1 aliphatic carbocycles. The SMILES string of the molecule is CSc1ncc(C(=O)O[C@H]2C[C@@H](C)CC[C@@H]2C(C)C)c([C@](C)(C#N)c2cccc(Cl)c2F)c1F. The number of hydrogen-bond donors (Lipinski definition) is 0. The average Bonchev–Trinajstić information content (AvgIpc) is 2.80. The van der Waals surface area contributed by atoms with E-state index in [-0.39, 0.29) is 38.8 Å². The van der Waals surface area contributed by atoms with Crippen molar-refractivity contribution in [2.24, 2.45) is 17.8 Å². The molecule has 0 aliphatic heterocycles. The average molecular weight is 507 g/mol. The van der Waals surface area contributed by atoms with Crippen LogP contribution in [-0.2, 0) is 10.2 Å². The summed E-state index contributed by atoms with van der Waals surface area (Å²) in [5, 5.41) is 9.97. The van der Waals surface area contributed by atoms with Crippen molar-refractivity contribution < 1.29 is 18.3 Å². The fourth-order valence-corrected chi connectivity index (χ4v) is 5.46. The largest absolute Gasteiger partial charge is 0.458 e. The molecular formula is C26H29ClF2N2O2S. The first kappa shape index (κ1) is 26.4. The van der Waals surface area contributed by atoms with E-state index in [0.29, 0.717) is 18.3 Å². The smallest absolute Gasteiger partial charge is 0.340 e. The van der Waals surface area contributed by atoms with E-state index in [1.807, 2.05) is 6.07 Å². The predicted octanol–water partition coefficient (Wildman–Crippen LogP) is 7.18. The maximum Gasteiger partial charge on any atom is 0.340 e. The molecule has 4 atom stereocenters. The summed E-state index contributed by atoms with van der Waals surface area (Å²) in [5.41, 5.74) is -2.41. The Morgan fingerprint density at radius 1 is 1.32 bits per heavy atom. The Kier molecular flexibility index (Phi) is 8.26. The number of nitrogens with zero attached hydrogens (tertiary/aromatic N) is 2. The first-order chi connectivity index (χ1) is 16.0. The van der Waals surface area contributed by atoms with Gasteiger partial charge >= 0.3 is 5.97 Å². The summed E-state index contributed by atoms with van der Waals surface area (Å²) in [6.07, 6.45) is 5.23. The molecule has 1 saturated carbocycles. The van der Waals surface area contributed by atoms with E-state index in [1.165, 1.54) is 31.3 Å². The van der Waals surface area contributed by atoms with Gasteiger partial charge in [0, 0.05) is 17.3 Å². The normalized spacial score (nSPS) is 22.2. The number of pyridine rings is 1. The van der Waals surface area contributed by atoms with Gasteiger partial charge in [-0.1, -0.05) is 50.9 Å². The van der Waals surface area contributed by atoms with Crippen LogP contribution >= 0.6 is 23.4 Å². The summed E-state index contributed by atoms with van der Waals surface area (Å²) >= 11 is 7.00. The summed E-state index contributed by atoms with van der Waals surface area (Å²) < 4.78 is 36.7. The molecule has 0 N–H and O–H groups in total. The van der Waals surface area contributed by atoms with Gasteiger partial charge in [0.1, 0.15) is 22.4 Å². The molecule has 4 nitrogen and oxygen atoms in total. The Morgan fingerprint density at radius 3 is 2.65 bits per heavy atom. The van der Waals surface area contributed by atoms with E-state index >= 15 is 8.78 Å². The minimum atomic E-state index is -1.85. The highest BCUT2D eigenvalue weighted by Crippen LogP contribution is 2.41. The quantitative estimate of drug-likeness (QED) is 0.306. The lowest BCUT2D eigenvalue weighted by Gasteiger charge is -2.37. The lowest BCUT2D eigenvalue weighted by atomic mass is 9.74. The van der Waals surface area contributed by atoms with Gasteiger partial charge in [0.25, 0.3) is 0 Å². The second kappa shape index (κ2) is 10.6. The molecule has 1 heterocycles. The lowest BCUT2D eigenvalue weighted by molar-refractivity contribution is -0.0176. The predicted molar refractivity (Wildman–Crippen MR) is 130 cm³/mol. The van der Waals surface area contributed by atoms with E-state index in [4.69, 9.17) is 16.3 Å². The standard InChI is InChI=1S/C26H29ClF2N2O2S/c1-14(2)16-10-9-15(3)11-20(16)33-25(32)17-12-31-24(34-5)23(29)21(17)26(4,13-30)18-7-6-8-19(27)22(18)28/h6-8,12,14-16,20H,9-11H2,1-5H3/t15-,16+,20-,26+/m0/s1. The van der Waals surface area contributed by atoms with Gasteiger partial charge in [0.2, 0.25) is 0 Å². The number of aromatic nitrogens is 1. The Morgan fingerprint density at radius 2 is 2.03 bits per heavy atom. The Labute approximate surface area is 209 Å². The Balaban J connectivity index is 2.14. The van der Waals surface area contributed by atoms with Gasteiger partial charge in [-0.3, -0.25) is 0 Å². The van der Waals surface area contributed by atoms with Gasteiger partial charge in [-0.05, 0) is 49.8 Å². The number of thioether (sulfide) groups is 1. The molecule has 0 spiro atoms. The van der Waals surface area contributed by atoms with Crippen molar-refractivity contribution in [3.8, 4) is 6.07 Å². The second-order valence-corrected chi connectivity index (χ2v) is 10.7. The molecule has 0 saturated heterocycles. The number of halogens is 3. The molecule has 34 heavy (non-hydrogen) atoms. The molecule has 1 aromatic heterocycles. The van der Waals surface area contributed by atoms with Crippen LogP contribution in [0.15, 0.2) is 29.4 Å². The Hall–Kier alpha value is -2.17. The number of nitriles is 1. The molecule has 8 heteroatoms. The molecule has 0 bridgehead atoms. The molecule has 1 aliphatic rings. The van der Waals surface area contributed by atoms with Crippen LogP contribution < -0.4 is 0 Å². The molecule has 1 fully saturated rings. The highest BCUT2D eigenvalue weighted by atomic mass is 35.5. The second-order valence-electron chi connectivity index (χ2n) is 9.48. The number of carbonyl (C=O) groups is 1. The van der Waals surface area contributed by atoms with Crippen molar-refractivity contribution in [1.82, 2.24) is 4.98 Å². The van der Waals surface area contributed by atoms with Gasteiger partial charge < -0.3 is 4.74 Å². The third-order valence-electron chi connectivity index (χ3n) is 6.83. The highest BCUT2D eigenvalue weighted by Gasteiger charge is 2.41. The third-order valence-corrected chi connectivity index (χ3v) is 7.80. The van der Waals surface area contributed by atoms with Crippen molar-refractivity contribution in [2.75, 3.05) is 6.26 Å². The van der Waals surface area contributed by atoms with Crippen LogP contribution in [0.25, 0.3) is 0 Å². The summed E-state index contributed by atoms with van der Waals surface area (Å²) in [6.45, 7) is 7.68. The van der Waals surface area contributed by atoms with Crippen molar-refractivity contribution in [3.05, 3.63) is 57.7 Å². The lowest BCUT2D eigenvalue weighted by Crippen LogP contribution is -2.37. The van der Waals surface area contributed by atoms with Crippen molar-refractivity contribution in [2.45, 2.75) is 63.5 Å². The summed E-state index contributed by atoms with van der Waals surface area (Å²) in [5.74, 6) is -1.56. The molecule has 3 rings (SSSR count). The van der Waals surface area contributed by atoms with Gasteiger partial charge in [-0.15, -0.1) is 11.8 Å². The van der Waals surface area contributed by atoms with Crippen LogP contribution in [0.5, 0.6) is 0 Å². The van der Waals surface area contributed by atoms with Crippen molar-refractivity contribution in [1.29, 1.82) is 5.26 Å². The number of esters is 1. The summed E-state index contributed by atoms with van der Waals surface area (Å²) in [7, 11) is 0. The minimum Gasteiger partial charge on any atom is -0.458 e. The van der Waals surface area contributed by atoms with Crippen LogP contribution in [-0.4, -0.2) is 23.3 Å². The van der Waals surface area contributed by atoms with E-state index in [0.717, 1.165) is 24.6 Å². The molecule has 1 aromatic carbocycles. The van der Waals surface area contributed by atoms with Crippen LogP contribution in [0.4, 0.5) is 8.78 Å². The number of carbonyl (C=O) groups excluding carboxylic acids is 1. The monoisotopic (exact) mass is 506 g/mol.